The molecular weight excluding hydrogens is 400 g/mol. The molecule has 0 atom stereocenters. The van der Waals surface area contributed by atoms with Crippen LogP contribution in [0.1, 0.15) is 12.8 Å². The zero-order chi connectivity index (χ0) is 20.9. The number of methoxy groups -OCH3 is 1. The highest BCUT2D eigenvalue weighted by atomic mass is 32.2. The minimum atomic E-state index is -0.443. The monoisotopic (exact) mass is 422 g/mol. The van der Waals surface area contributed by atoms with Crippen LogP contribution >= 0.6 is 11.8 Å². The number of rotatable bonds is 7. The van der Waals surface area contributed by atoms with Crippen LogP contribution in [-0.4, -0.2) is 40.4 Å². The van der Waals surface area contributed by atoms with Crippen molar-refractivity contribution >= 4 is 23.7 Å². The Bertz CT molecular complexity index is 1050. The van der Waals surface area contributed by atoms with Crippen LogP contribution in [0, 0.1) is 0 Å². The van der Waals surface area contributed by atoms with Crippen molar-refractivity contribution in [3.05, 3.63) is 60.8 Å². The normalized spacial score (nSPS) is 13.0. The SMILES string of the molecule is COc1ccccc1-n1c(-c2ccccc2)cnc1SCC(=O)NC(=O)NC1CC1. The number of imide groups is 1. The summed E-state index contributed by atoms with van der Waals surface area (Å²) in [6.45, 7) is 0. The van der Waals surface area contributed by atoms with Crippen molar-refractivity contribution in [1.82, 2.24) is 20.2 Å². The van der Waals surface area contributed by atoms with Gasteiger partial charge >= 0.3 is 6.03 Å². The topological polar surface area (TPSA) is 85.2 Å². The Labute approximate surface area is 178 Å². The highest BCUT2D eigenvalue weighted by Gasteiger charge is 2.24. The number of hydrogen-bond donors (Lipinski definition) is 2. The van der Waals surface area contributed by atoms with Gasteiger partial charge in [-0.1, -0.05) is 54.2 Å². The third-order valence-corrected chi connectivity index (χ3v) is 5.58. The Morgan fingerprint density at radius 2 is 1.87 bits per heavy atom. The van der Waals surface area contributed by atoms with E-state index in [4.69, 9.17) is 4.74 Å². The molecule has 3 aromatic rings. The highest BCUT2D eigenvalue weighted by molar-refractivity contribution is 7.99. The Hall–Kier alpha value is -3.26. The minimum absolute atomic E-state index is 0.0679. The van der Waals surface area contributed by atoms with Gasteiger partial charge in [-0.05, 0) is 25.0 Å². The number of ether oxygens (including phenoxy) is 1. The Morgan fingerprint density at radius 1 is 1.13 bits per heavy atom. The zero-order valence-corrected chi connectivity index (χ0v) is 17.3. The van der Waals surface area contributed by atoms with Crippen molar-refractivity contribution in [2.75, 3.05) is 12.9 Å². The summed E-state index contributed by atoms with van der Waals surface area (Å²) in [6, 6.07) is 17.3. The molecule has 3 amide bonds. The predicted octanol–water partition coefficient (Wildman–Crippen LogP) is 3.63. The number of thioether (sulfide) groups is 1. The van der Waals surface area contributed by atoms with E-state index in [1.54, 1.807) is 13.3 Å². The Balaban J connectivity index is 1.59. The molecule has 4 rings (SSSR count). The second kappa shape index (κ2) is 9.04. The molecule has 2 N–H and O–H groups in total. The molecule has 0 bridgehead atoms. The molecule has 2 aromatic carbocycles. The minimum Gasteiger partial charge on any atom is -0.495 e. The summed E-state index contributed by atoms with van der Waals surface area (Å²) in [5.41, 5.74) is 2.70. The van der Waals surface area contributed by atoms with Gasteiger partial charge in [0.1, 0.15) is 5.75 Å². The van der Waals surface area contributed by atoms with Gasteiger partial charge in [-0.3, -0.25) is 14.7 Å². The first-order valence-corrected chi connectivity index (χ1v) is 10.6. The van der Waals surface area contributed by atoms with Crippen LogP contribution in [0.25, 0.3) is 16.9 Å². The molecule has 1 aliphatic carbocycles. The predicted molar refractivity (Wildman–Crippen MR) is 116 cm³/mol. The van der Waals surface area contributed by atoms with E-state index in [0.29, 0.717) is 10.9 Å². The van der Waals surface area contributed by atoms with Crippen molar-refractivity contribution < 1.29 is 14.3 Å². The molecule has 1 fully saturated rings. The molecule has 0 spiro atoms. The van der Waals surface area contributed by atoms with E-state index < -0.39 is 6.03 Å². The van der Waals surface area contributed by atoms with E-state index >= 15 is 0 Å². The fourth-order valence-corrected chi connectivity index (χ4v) is 3.82. The molecule has 1 aromatic heterocycles. The molecular formula is C22H22N4O3S. The van der Waals surface area contributed by atoms with Crippen LogP contribution in [0.15, 0.2) is 66.0 Å². The van der Waals surface area contributed by atoms with Gasteiger partial charge < -0.3 is 10.1 Å². The number of imidazole rings is 1. The lowest BCUT2D eigenvalue weighted by atomic mass is 10.1. The standard InChI is InChI=1S/C22H22N4O3S/c1-29-19-10-6-5-9-17(19)26-18(15-7-3-2-4-8-15)13-23-22(26)30-14-20(27)25-21(28)24-16-11-12-16/h2-10,13,16H,11-12,14H2,1H3,(H2,24,25,27,28). The number of hydrogen-bond acceptors (Lipinski definition) is 5. The highest BCUT2D eigenvalue weighted by Crippen LogP contribution is 2.33. The number of aromatic nitrogens is 2. The number of benzene rings is 2. The number of carbonyl (C=O) groups is 2. The third-order valence-electron chi connectivity index (χ3n) is 4.62. The number of nitrogens with zero attached hydrogens (tertiary/aromatic N) is 2. The summed E-state index contributed by atoms with van der Waals surface area (Å²) in [5, 5.41) is 5.75. The van der Waals surface area contributed by atoms with Crippen LogP contribution in [0.2, 0.25) is 0 Å². The molecule has 0 radical (unpaired) electrons. The van der Waals surface area contributed by atoms with E-state index in [1.807, 2.05) is 59.2 Å². The van der Waals surface area contributed by atoms with Crippen LogP contribution in [0.3, 0.4) is 0 Å². The van der Waals surface area contributed by atoms with Crippen LogP contribution in [0.5, 0.6) is 5.75 Å². The molecule has 1 heterocycles. The molecule has 8 heteroatoms. The summed E-state index contributed by atoms with van der Waals surface area (Å²) in [7, 11) is 1.62. The summed E-state index contributed by atoms with van der Waals surface area (Å²) in [4.78, 5) is 28.6. The average molecular weight is 423 g/mol. The summed E-state index contributed by atoms with van der Waals surface area (Å²) < 4.78 is 7.51. The van der Waals surface area contributed by atoms with Gasteiger partial charge in [-0.2, -0.15) is 0 Å². The number of urea groups is 1. The lowest BCUT2D eigenvalue weighted by Crippen LogP contribution is -2.41. The molecule has 0 unspecified atom stereocenters. The second-order valence-electron chi connectivity index (χ2n) is 6.88. The van der Waals surface area contributed by atoms with Crippen LogP contribution in [0.4, 0.5) is 4.79 Å². The molecule has 1 aliphatic rings. The Morgan fingerprint density at radius 3 is 2.60 bits per heavy atom. The first kappa shape index (κ1) is 20.0. The zero-order valence-electron chi connectivity index (χ0n) is 16.5. The quantitative estimate of drug-likeness (QED) is 0.568. The molecule has 30 heavy (non-hydrogen) atoms. The van der Waals surface area contributed by atoms with Crippen LogP contribution in [-0.2, 0) is 4.79 Å². The van der Waals surface area contributed by atoms with Crippen molar-refractivity contribution in [2.24, 2.45) is 0 Å². The van der Waals surface area contributed by atoms with Gasteiger partial charge in [0, 0.05) is 11.6 Å². The maximum absolute atomic E-state index is 12.2. The molecule has 7 nitrogen and oxygen atoms in total. The van der Waals surface area contributed by atoms with Crippen LogP contribution < -0.4 is 15.4 Å². The van der Waals surface area contributed by atoms with E-state index in [1.165, 1.54) is 11.8 Å². The molecule has 0 aliphatic heterocycles. The lowest BCUT2D eigenvalue weighted by molar-refractivity contribution is -0.117. The van der Waals surface area contributed by atoms with E-state index in [0.717, 1.165) is 29.8 Å². The maximum Gasteiger partial charge on any atom is 0.321 e. The third kappa shape index (κ3) is 4.65. The van der Waals surface area contributed by atoms with E-state index in [2.05, 4.69) is 15.6 Å². The number of amides is 3. The molecule has 0 saturated heterocycles. The molecule has 1 saturated carbocycles. The first-order chi connectivity index (χ1) is 14.7. The number of para-hydroxylation sites is 2. The summed E-state index contributed by atoms with van der Waals surface area (Å²) in [6.07, 6.45) is 3.71. The maximum atomic E-state index is 12.2. The smallest absolute Gasteiger partial charge is 0.321 e. The summed E-state index contributed by atoms with van der Waals surface area (Å²) >= 11 is 1.27. The first-order valence-electron chi connectivity index (χ1n) is 9.65. The van der Waals surface area contributed by atoms with E-state index in [9.17, 15) is 9.59 Å². The lowest BCUT2D eigenvalue weighted by Gasteiger charge is -2.15. The van der Waals surface area contributed by atoms with Gasteiger partial charge in [0.2, 0.25) is 5.91 Å². The van der Waals surface area contributed by atoms with Crippen molar-refractivity contribution in [1.29, 1.82) is 0 Å². The average Bonchev–Trinajstić information content (AvgIpc) is 3.48. The van der Waals surface area contributed by atoms with E-state index in [-0.39, 0.29) is 17.7 Å². The molecule has 154 valence electrons. The van der Waals surface area contributed by atoms with Gasteiger partial charge in [-0.25, -0.2) is 9.78 Å². The Kier molecular flexibility index (Phi) is 6.04. The van der Waals surface area contributed by atoms with Gasteiger partial charge in [0.05, 0.1) is 30.4 Å². The fraction of sp³-hybridized carbons (Fsp3) is 0.227. The van der Waals surface area contributed by atoms with Crippen molar-refractivity contribution in [3.63, 3.8) is 0 Å². The second-order valence-corrected chi connectivity index (χ2v) is 7.83. The number of carbonyl (C=O) groups excluding carboxylic acids is 2. The van der Waals surface area contributed by atoms with Crippen molar-refractivity contribution in [2.45, 2.75) is 24.0 Å². The fourth-order valence-electron chi connectivity index (χ4n) is 3.04. The number of nitrogens with one attached hydrogen (secondary N) is 2. The summed E-state index contributed by atoms with van der Waals surface area (Å²) in [5.74, 6) is 0.398. The van der Waals surface area contributed by atoms with Gasteiger partial charge in [-0.15, -0.1) is 0 Å². The van der Waals surface area contributed by atoms with Gasteiger partial charge in [0.25, 0.3) is 0 Å². The largest absolute Gasteiger partial charge is 0.495 e. The van der Waals surface area contributed by atoms with Gasteiger partial charge in [0.15, 0.2) is 5.16 Å². The van der Waals surface area contributed by atoms with Crippen molar-refractivity contribution in [3.8, 4) is 22.7 Å².